The van der Waals surface area contributed by atoms with E-state index in [0.29, 0.717) is 0 Å². The molecule has 1 aliphatic rings. The first kappa shape index (κ1) is 19.3. The largest absolute Gasteiger partial charge is 0.458 e. The van der Waals surface area contributed by atoms with E-state index >= 15 is 0 Å². The quantitative estimate of drug-likeness (QED) is 0.244. The van der Waals surface area contributed by atoms with E-state index in [-0.39, 0.29) is 17.5 Å². The second-order valence-corrected chi connectivity index (χ2v) is 7.38. The third-order valence-electron chi connectivity index (χ3n) is 5.15. The summed E-state index contributed by atoms with van der Waals surface area (Å²) in [6, 6.07) is 0. The highest BCUT2D eigenvalue weighted by atomic mass is 16.5. The highest BCUT2D eigenvalue weighted by Crippen LogP contribution is 2.54. The van der Waals surface area contributed by atoms with Crippen LogP contribution in [0.25, 0.3) is 0 Å². The predicted molar refractivity (Wildman–Crippen MR) is 93.9 cm³/mol. The molecule has 0 radical (unpaired) electrons. The molecule has 2 heteroatoms. The van der Waals surface area contributed by atoms with Crippen molar-refractivity contribution in [2.24, 2.45) is 5.41 Å². The van der Waals surface area contributed by atoms with Crippen LogP contribution < -0.4 is 0 Å². The molecule has 0 bridgehead atoms. The van der Waals surface area contributed by atoms with Crippen molar-refractivity contribution >= 4 is 5.97 Å². The average molecular weight is 309 g/mol. The Morgan fingerprint density at radius 1 is 1.00 bits per heavy atom. The van der Waals surface area contributed by atoms with Crippen molar-refractivity contribution in [3.63, 3.8) is 0 Å². The number of hydrogen-bond acceptors (Lipinski definition) is 2. The number of allylic oxidation sites excluding steroid dienone is 1. The van der Waals surface area contributed by atoms with Gasteiger partial charge in [-0.15, -0.1) is 0 Å². The maximum absolute atomic E-state index is 11.3. The molecule has 0 aromatic heterocycles. The lowest BCUT2D eigenvalue weighted by Crippen LogP contribution is -2.18. The van der Waals surface area contributed by atoms with Crippen LogP contribution in [0, 0.1) is 5.41 Å². The highest BCUT2D eigenvalue weighted by molar-refractivity contribution is 5.67. The molecule has 0 aromatic carbocycles. The number of carbonyl (C=O) groups excluding carboxylic acids is 1. The molecule has 128 valence electrons. The average Bonchev–Trinajstić information content (AvgIpc) is 2.94. The monoisotopic (exact) mass is 308 g/mol. The lowest BCUT2D eigenvalue weighted by Gasteiger charge is -2.17. The van der Waals surface area contributed by atoms with Crippen LogP contribution in [0.5, 0.6) is 0 Å². The Balaban J connectivity index is 2.16. The minimum atomic E-state index is -0.149. The first-order valence-corrected chi connectivity index (χ1v) is 9.30. The molecule has 0 saturated heterocycles. The van der Waals surface area contributed by atoms with Gasteiger partial charge in [0.25, 0.3) is 0 Å². The van der Waals surface area contributed by atoms with E-state index in [4.69, 9.17) is 4.74 Å². The molecule has 0 fully saturated rings. The highest BCUT2D eigenvalue weighted by Gasteiger charge is 2.46. The predicted octanol–water partition coefficient (Wildman–Crippen LogP) is 6.20. The van der Waals surface area contributed by atoms with Crippen molar-refractivity contribution in [2.75, 3.05) is 0 Å². The van der Waals surface area contributed by atoms with Gasteiger partial charge in [-0.3, -0.25) is 4.79 Å². The topological polar surface area (TPSA) is 26.3 Å². The molecule has 1 unspecified atom stereocenters. The fraction of sp³-hybridized carbons (Fsp3) is 0.850. The van der Waals surface area contributed by atoms with E-state index in [1.165, 1.54) is 75.9 Å². The molecule has 0 N–H and O–H groups in total. The van der Waals surface area contributed by atoms with Crippen LogP contribution in [0.2, 0.25) is 0 Å². The summed E-state index contributed by atoms with van der Waals surface area (Å²) in [7, 11) is 0. The SMILES string of the molecule is CCCCCCCCCCCC(OC(C)=O)C1=C(C)C1(C)C. The summed E-state index contributed by atoms with van der Waals surface area (Å²) in [6.45, 7) is 10.4. The third kappa shape index (κ3) is 6.14. The van der Waals surface area contributed by atoms with Gasteiger partial charge in [0.05, 0.1) is 0 Å². The fourth-order valence-corrected chi connectivity index (χ4v) is 3.44. The standard InChI is InChI=1S/C20H36O2/c1-6-7-8-9-10-11-12-13-14-15-18(22-17(3)21)19-16(2)20(19,4)5/h18H,6-15H2,1-5H3. The van der Waals surface area contributed by atoms with Crippen molar-refractivity contribution in [1.29, 1.82) is 0 Å². The minimum absolute atomic E-state index is 0.0251. The molecular formula is C20H36O2. The number of unbranched alkanes of at least 4 members (excludes halogenated alkanes) is 8. The van der Waals surface area contributed by atoms with Crippen LogP contribution in [0.3, 0.4) is 0 Å². The van der Waals surface area contributed by atoms with Gasteiger partial charge in [0, 0.05) is 12.3 Å². The van der Waals surface area contributed by atoms with Crippen LogP contribution in [0.4, 0.5) is 0 Å². The van der Waals surface area contributed by atoms with Crippen molar-refractivity contribution in [3.8, 4) is 0 Å². The summed E-state index contributed by atoms with van der Waals surface area (Å²) in [5.41, 5.74) is 2.95. The van der Waals surface area contributed by atoms with Crippen LogP contribution >= 0.6 is 0 Å². The number of hydrogen-bond donors (Lipinski definition) is 0. The van der Waals surface area contributed by atoms with Gasteiger partial charge in [-0.25, -0.2) is 0 Å². The first-order chi connectivity index (χ1) is 10.4. The first-order valence-electron chi connectivity index (χ1n) is 9.30. The summed E-state index contributed by atoms with van der Waals surface area (Å²) in [6.07, 6.45) is 13.0. The van der Waals surface area contributed by atoms with Crippen molar-refractivity contribution in [2.45, 2.75) is 105 Å². The van der Waals surface area contributed by atoms with Crippen LogP contribution in [-0.2, 0) is 9.53 Å². The second kappa shape index (κ2) is 9.37. The summed E-state index contributed by atoms with van der Waals surface area (Å²) < 4.78 is 5.56. The molecule has 1 aliphatic carbocycles. The molecule has 0 amide bonds. The lowest BCUT2D eigenvalue weighted by molar-refractivity contribution is -0.144. The van der Waals surface area contributed by atoms with E-state index in [0.717, 1.165) is 6.42 Å². The molecular weight excluding hydrogens is 272 g/mol. The maximum Gasteiger partial charge on any atom is 0.303 e. The van der Waals surface area contributed by atoms with Gasteiger partial charge in [0.2, 0.25) is 0 Å². The molecule has 1 atom stereocenters. The van der Waals surface area contributed by atoms with Gasteiger partial charge < -0.3 is 4.74 Å². The van der Waals surface area contributed by atoms with Crippen LogP contribution in [0.1, 0.15) is 98.8 Å². The van der Waals surface area contributed by atoms with E-state index in [1.807, 2.05) is 0 Å². The van der Waals surface area contributed by atoms with Gasteiger partial charge in [0.1, 0.15) is 6.10 Å². The third-order valence-corrected chi connectivity index (χ3v) is 5.15. The molecule has 0 aromatic rings. The number of carbonyl (C=O) groups is 1. The second-order valence-electron chi connectivity index (χ2n) is 7.38. The Labute approximate surface area is 137 Å². The van der Waals surface area contributed by atoms with Gasteiger partial charge in [0.15, 0.2) is 0 Å². The summed E-state index contributed by atoms with van der Waals surface area (Å²) in [5, 5.41) is 0. The smallest absolute Gasteiger partial charge is 0.303 e. The lowest BCUT2D eigenvalue weighted by atomic mass is 9.98. The van der Waals surface area contributed by atoms with Gasteiger partial charge in [-0.2, -0.15) is 0 Å². The summed E-state index contributed by atoms with van der Waals surface area (Å²) in [5.74, 6) is -0.149. The van der Waals surface area contributed by atoms with E-state index in [2.05, 4.69) is 27.7 Å². The number of esters is 1. The summed E-state index contributed by atoms with van der Waals surface area (Å²) >= 11 is 0. The Bertz CT molecular complexity index is 379. The molecule has 0 saturated carbocycles. The van der Waals surface area contributed by atoms with Gasteiger partial charge in [-0.05, 0) is 25.3 Å². The maximum atomic E-state index is 11.3. The zero-order chi connectivity index (χ0) is 16.6. The van der Waals surface area contributed by atoms with E-state index in [1.54, 1.807) is 0 Å². The van der Waals surface area contributed by atoms with Gasteiger partial charge >= 0.3 is 5.97 Å². The normalized spacial score (nSPS) is 17.5. The van der Waals surface area contributed by atoms with Crippen LogP contribution in [-0.4, -0.2) is 12.1 Å². The molecule has 0 aliphatic heterocycles. The Hall–Kier alpha value is -0.790. The zero-order valence-electron chi connectivity index (χ0n) is 15.5. The van der Waals surface area contributed by atoms with Crippen LogP contribution in [0.15, 0.2) is 11.1 Å². The Kier molecular flexibility index (Phi) is 8.20. The van der Waals surface area contributed by atoms with E-state index < -0.39 is 0 Å². The molecule has 2 nitrogen and oxygen atoms in total. The van der Waals surface area contributed by atoms with Gasteiger partial charge in [-0.1, -0.05) is 77.7 Å². The molecule has 0 spiro atoms. The van der Waals surface area contributed by atoms with Crippen molar-refractivity contribution in [3.05, 3.63) is 11.1 Å². The van der Waals surface area contributed by atoms with E-state index in [9.17, 15) is 4.79 Å². The number of rotatable bonds is 12. The molecule has 0 heterocycles. The Morgan fingerprint density at radius 3 is 1.86 bits per heavy atom. The minimum Gasteiger partial charge on any atom is -0.458 e. The van der Waals surface area contributed by atoms with Crippen molar-refractivity contribution < 1.29 is 9.53 Å². The zero-order valence-corrected chi connectivity index (χ0v) is 15.5. The Morgan fingerprint density at radius 2 is 1.45 bits per heavy atom. The number of ether oxygens (including phenoxy) is 1. The fourth-order valence-electron chi connectivity index (χ4n) is 3.44. The summed E-state index contributed by atoms with van der Waals surface area (Å²) in [4.78, 5) is 11.3. The molecule has 22 heavy (non-hydrogen) atoms. The molecule has 1 rings (SSSR count). The van der Waals surface area contributed by atoms with Crippen molar-refractivity contribution in [1.82, 2.24) is 0 Å².